The molecule has 0 aliphatic carbocycles. The van der Waals surface area contributed by atoms with Crippen LogP contribution >= 0.6 is 15.9 Å². The molecule has 188 valence electrons. The lowest BCUT2D eigenvalue weighted by atomic mass is 9.86. The van der Waals surface area contributed by atoms with Crippen molar-refractivity contribution in [2.24, 2.45) is 0 Å². The van der Waals surface area contributed by atoms with Gasteiger partial charge in [0.15, 0.2) is 11.2 Å². The third kappa shape index (κ3) is 4.83. The number of anilines is 1. The molecule has 0 fully saturated rings. The summed E-state index contributed by atoms with van der Waals surface area (Å²) >= 11 is 3.45. The third-order valence-electron chi connectivity index (χ3n) is 5.73. The van der Waals surface area contributed by atoms with Crippen LogP contribution in [-0.4, -0.2) is 27.7 Å². The highest BCUT2D eigenvalue weighted by molar-refractivity contribution is 9.10. The van der Waals surface area contributed by atoms with Gasteiger partial charge in [0, 0.05) is 10.0 Å². The van der Waals surface area contributed by atoms with Crippen LogP contribution in [0, 0.1) is 17.0 Å². The van der Waals surface area contributed by atoms with Crippen molar-refractivity contribution in [3.05, 3.63) is 85.7 Å². The molecular formula is C25H25BrN4O6. The van der Waals surface area contributed by atoms with E-state index in [-0.39, 0.29) is 30.1 Å². The monoisotopic (exact) mass is 556 g/mol. The summed E-state index contributed by atoms with van der Waals surface area (Å²) in [4.78, 5) is 40.0. The molecule has 2 aromatic carbocycles. The predicted molar refractivity (Wildman–Crippen MR) is 134 cm³/mol. The van der Waals surface area contributed by atoms with E-state index in [1.54, 1.807) is 43.9 Å². The maximum absolute atomic E-state index is 14.2. The molecule has 0 saturated carbocycles. The van der Waals surface area contributed by atoms with Crippen LogP contribution in [0.15, 0.2) is 57.5 Å². The van der Waals surface area contributed by atoms with Gasteiger partial charge in [-0.05, 0) is 51.5 Å². The molecule has 1 aliphatic rings. The Balaban J connectivity index is 1.87. The highest BCUT2D eigenvalue weighted by Gasteiger charge is 2.54. The van der Waals surface area contributed by atoms with Gasteiger partial charge < -0.3 is 19.5 Å². The first kappa shape index (κ1) is 25.4. The number of nitro groups is 1. The average Bonchev–Trinajstić information content (AvgIpc) is 3.24. The van der Waals surface area contributed by atoms with Gasteiger partial charge in [-0.1, -0.05) is 51.4 Å². The Hall–Kier alpha value is -3.73. The summed E-state index contributed by atoms with van der Waals surface area (Å²) in [7, 11) is 0. The molecule has 0 unspecified atom stereocenters. The number of benzene rings is 2. The largest absolute Gasteiger partial charge is 0.444 e. The molecule has 4 rings (SSSR count). The molecule has 1 atom stereocenters. The molecule has 0 bridgehead atoms. The quantitative estimate of drug-likeness (QED) is 0.328. The van der Waals surface area contributed by atoms with Gasteiger partial charge in [-0.15, -0.1) is 0 Å². The number of aryl methyl sites for hydroxylation is 1. The first-order valence-corrected chi connectivity index (χ1v) is 12.0. The number of hydrogen-bond acceptors (Lipinski definition) is 7. The minimum atomic E-state index is -1.74. The highest BCUT2D eigenvalue weighted by atomic mass is 79.9. The van der Waals surface area contributed by atoms with Crippen molar-refractivity contribution in [3.8, 4) is 0 Å². The molecule has 2 heterocycles. The van der Waals surface area contributed by atoms with E-state index in [0.29, 0.717) is 15.7 Å². The lowest BCUT2D eigenvalue weighted by Gasteiger charge is -2.30. The molecule has 1 aliphatic heterocycles. The summed E-state index contributed by atoms with van der Waals surface area (Å²) in [5, 5.41) is 18.2. The standard InChI is InChI=1S/C25H25BrN4O6/c1-15-21(30(33)34)20(36-28-15)13-25(27-23(32)35-24(2,3)4)18-12-17(26)10-11-19(18)29(22(25)31)14-16-8-6-5-7-9-16/h5-12H,13-14H2,1-4H3,(H,27,32)/t25-/m1/s1. The Labute approximate surface area is 215 Å². The number of nitrogens with one attached hydrogen (secondary N) is 1. The molecule has 2 amide bonds. The van der Waals surface area contributed by atoms with Crippen LogP contribution in [-0.2, 0) is 28.0 Å². The molecule has 0 saturated heterocycles. The number of ether oxygens (including phenoxy) is 1. The van der Waals surface area contributed by atoms with Crippen molar-refractivity contribution in [2.45, 2.75) is 51.8 Å². The van der Waals surface area contributed by atoms with E-state index in [4.69, 9.17) is 9.26 Å². The number of carbonyl (C=O) groups excluding carboxylic acids is 2. The maximum Gasteiger partial charge on any atom is 0.408 e. The fourth-order valence-electron chi connectivity index (χ4n) is 4.28. The average molecular weight is 557 g/mol. The molecule has 3 aromatic rings. The zero-order valence-corrected chi connectivity index (χ0v) is 21.8. The zero-order valence-electron chi connectivity index (χ0n) is 20.2. The number of amides is 2. The Morgan fingerprint density at radius 2 is 1.94 bits per heavy atom. The van der Waals surface area contributed by atoms with Gasteiger partial charge in [-0.25, -0.2) is 4.79 Å². The number of fused-ring (bicyclic) bond motifs is 1. The molecule has 1 aromatic heterocycles. The number of halogens is 1. The fraction of sp³-hybridized carbons (Fsp3) is 0.320. The molecule has 10 nitrogen and oxygen atoms in total. The summed E-state index contributed by atoms with van der Waals surface area (Å²) < 4.78 is 11.4. The van der Waals surface area contributed by atoms with E-state index in [0.717, 1.165) is 5.56 Å². The van der Waals surface area contributed by atoms with Crippen LogP contribution in [0.25, 0.3) is 0 Å². The van der Waals surface area contributed by atoms with E-state index in [1.165, 1.54) is 6.92 Å². The van der Waals surface area contributed by atoms with Crippen LogP contribution in [0.5, 0.6) is 0 Å². The number of rotatable bonds is 6. The molecule has 11 heteroatoms. The van der Waals surface area contributed by atoms with E-state index in [2.05, 4.69) is 26.4 Å². The first-order chi connectivity index (χ1) is 16.9. The summed E-state index contributed by atoms with van der Waals surface area (Å²) in [6.07, 6.45) is -1.18. The Morgan fingerprint density at radius 1 is 1.25 bits per heavy atom. The van der Waals surface area contributed by atoms with E-state index < -0.39 is 28.1 Å². The Kier molecular flexibility index (Phi) is 6.61. The summed E-state index contributed by atoms with van der Waals surface area (Å²) in [5.74, 6) is -0.608. The topological polar surface area (TPSA) is 128 Å². The number of hydrogen-bond donors (Lipinski definition) is 1. The van der Waals surface area contributed by atoms with Gasteiger partial charge in [-0.3, -0.25) is 14.9 Å². The molecular weight excluding hydrogens is 532 g/mol. The van der Waals surface area contributed by atoms with Crippen molar-refractivity contribution in [1.82, 2.24) is 10.5 Å². The van der Waals surface area contributed by atoms with Crippen LogP contribution in [0.3, 0.4) is 0 Å². The number of alkyl carbamates (subject to hydrolysis) is 1. The van der Waals surface area contributed by atoms with Crippen LogP contribution in [0.1, 0.15) is 43.4 Å². The minimum Gasteiger partial charge on any atom is -0.444 e. The summed E-state index contributed by atoms with van der Waals surface area (Å²) in [5.41, 5.74) is -0.976. The molecule has 0 radical (unpaired) electrons. The predicted octanol–water partition coefficient (Wildman–Crippen LogP) is 5.16. The zero-order chi connectivity index (χ0) is 26.3. The second-order valence-electron chi connectivity index (χ2n) is 9.54. The Morgan fingerprint density at radius 3 is 2.58 bits per heavy atom. The van der Waals surface area contributed by atoms with Crippen molar-refractivity contribution >= 4 is 39.3 Å². The van der Waals surface area contributed by atoms with Crippen molar-refractivity contribution < 1.29 is 23.8 Å². The van der Waals surface area contributed by atoms with Gasteiger partial charge in [-0.2, -0.15) is 0 Å². The second kappa shape index (κ2) is 9.38. The van der Waals surface area contributed by atoms with Crippen LogP contribution < -0.4 is 10.2 Å². The summed E-state index contributed by atoms with van der Waals surface area (Å²) in [6.45, 7) is 6.78. The maximum atomic E-state index is 14.2. The molecule has 36 heavy (non-hydrogen) atoms. The smallest absolute Gasteiger partial charge is 0.408 e. The fourth-order valence-corrected chi connectivity index (χ4v) is 4.64. The minimum absolute atomic E-state index is 0.0727. The van der Waals surface area contributed by atoms with Gasteiger partial charge in [0.25, 0.3) is 5.91 Å². The van der Waals surface area contributed by atoms with Gasteiger partial charge in [0.2, 0.25) is 5.76 Å². The van der Waals surface area contributed by atoms with Gasteiger partial charge in [0.05, 0.1) is 23.6 Å². The molecule has 1 N–H and O–H groups in total. The Bertz CT molecular complexity index is 1330. The van der Waals surface area contributed by atoms with Gasteiger partial charge in [0.1, 0.15) is 5.60 Å². The number of aromatic nitrogens is 1. The highest BCUT2D eigenvalue weighted by Crippen LogP contribution is 2.45. The van der Waals surface area contributed by atoms with E-state index >= 15 is 0 Å². The SMILES string of the molecule is Cc1noc(C[C@]2(NC(=O)OC(C)(C)C)C(=O)N(Cc3ccccc3)c3ccc(Br)cc32)c1[N+](=O)[O-]. The third-order valence-corrected chi connectivity index (χ3v) is 6.22. The van der Waals surface area contributed by atoms with Crippen molar-refractivity contribution in [1.29, 1.82) is 0 Å². The van der Waals surface area contributed by atoms with Crippen LogP contribution in [0.2, 0.25) is 0 Å². The van der Waals surface area contributed by atoms with Gasteiger partial charge >= 0.3 is 11.8 Å². The first-order valence-electron chi connectivity index (χ1n) is 11.2. The van der Waals surface area contributed by atoms with Crippen molar-refractivity contribution in [2.75, 3.05) is 4.90 Å². The number of nitrogens with zero attached hydrogens (tertiary/aromatic N) is 3. The lowest BCUT2D eigenvalue weighted by Crippen LogP contribution is -2.55. The van der Waals surface area contributed by atoms with E-state index in [9.17, 15) is 19.7 Å². The lowest BCUT2D eigenvalue weighted by molar-refractivity contribution is -0.386. The normalized spacial score (nSPS) is 17.1. The molecule has 0 spiro atoms. The summed E-state index contributed by atoms with van der Waals surface area (Å²) in [6, 6.07) is 14.6. The van der Waals surface area contributed by atoms with Crippen LogP contribution in [0.4, 0.5) is 16.2 Å². The van der Waals surface area contributed by atoms with Crippen molar-refractivity contribution in [3.63, 3.8) is 0 Å². The second-order valence-corrected chi connectivity index (χ2v) is 10.5. The number of carbonyl (C=O) groups is 2. The van der Waals surface area contributed by atoms with E-state index in [1.807, 2.05) is 30.3 Å².